The third-order valence-electron chi connectivity index (χ3n) is 4.47. The molecule has 8 heteroatoms. The maximum atomic E-state index is 13.8. The van der Waals surface area contributed by atoms with Gasteiger partial charge < -0.3 is 10.6 Å². The molecule has 0 saturated carbocycles. The summed E-state index contributed by atoms with van der Waals surface area (Å²) in [6.07, 6.45) is 0.954. The first-order valence-electron chi connectivity index (χ1n) is 7.54. The molecule has 4 atom stereocenters. The Labute approximate surface area is 140 Å². The van der Waals surface area contributed by atoms with Gasteiger partial charge in [0.2, 0.25) is 5.91 Å². The quantitative estimate of drug-likeness (QED) is 0.660. The van der Waals surface area contributed by atoms with Gasteiger partial charge in [0.05, 0.1) is 6.04 Å². The summed E-state index contributed by atoms with van der Waals surface area (Å²) in [4.78, 5) is 12.4. The van der Waals surface area contributed by atoms with E-state index in [-0.39, 0.29) is 41.9 Å². The normalized spacial score (nSPS) is 27.7. The van der Waals surface area contributed by atoms with Crippen LogP contribution in [0.15, 0.2) is 18.2 Å². The highest BCUT2D eigenvalue weighted by molar-refractivity contribution is 5.85. The standard InChI is InChI=1S/C15H20F2N4O.ClH/c1-8(9-3-2-4-11(16)13(9)17)19-15(22)14-10-7-18-6-5-12(10)20-21-14;/h2-4,8,10,12,14,18,20-21H,5-7H2,1H3,(H,19,22);1H. The fourth-order valence-corrected chi connectivity index (χ4v) is 3.21. The molecule has 0 aromatic heterocycles. The highest BCUT2D eigenvalue weighted by Crippen LogP contribution is 2.22. The molecule has 3 rings (SSSR count). The summed E-state index contributed by atoms with van der Waals surface area (Å²) in [7, 11) is 0. The van der Waals surface area contributed by atoms with Gasteiger partial charge in [-0.3, -0.25) is 10.2 Å². The first-order chi connectivity index (χ1) is 10.6. The number of hydrazine groups is 1. The summed E-state index contributed by atoms with van der Waals surface area (Å²) < 4.78 is 27.1. The Morgan fingerprint density at radius 1 is 1.35 bits per heavy atom. The second kappa shape index (κ2) is 7.53. The molecule has 0 radical (unpaired) electrons. The van der Waals surface area contributed by atoms with Crippen molar-refractivity contribution in [3.8, 4) is 0 Å². The minimum Gasteiger partial charge on any atom is -0.348 e. The van der Waals surface area contributed by atoms with Crippen LogP contribution < -0.4 is 21.5 Å². The van der Waals surface area contributed by atoms with Gasteiger partial charge in [-0.1, -0.05) is 12.1 Å². The molecule has 5 nitrogen and oxygen atoms in total. The minimum absolute atomic E-state index is 0. The van der Waals surface area contributed by atoms with E-state index in [1.165, 1.54) is 12.1 Å². The smallest absolute Gasteiger partial charge is 0.239 e. The molecule has 0 aliphatic carbocycles. The average Bonchev–Trinajstić information content (AvgIpc) is 2.94. The highest BCUT2D eigenvalue weighted by Gasteiger charge is 2.41. The molecular weight excluding hydrogens is 326 g/mol. The zero-order chi connectivity index (χ0) is 15.7. The number of fused-ring (bicyclic) bond motifs is 1. The van der Waals surface area contributed by atoms with Crippen LogP contribution in [0.5, 0.6) is 0 Å². The van der Waals surface area contributed by atoms with Gasteiger partial charge in [0.15, 0.2) is 11.6 Å². The number of hydrogen-bond acceptors (Lipinski definition) is 4. The van der Waals surface area contributed by atoms with Crippen molar-refractivity contribution in [2.45, 2.75) is 31.5 Å². The molecular formula is C15H21ClF2N4O. The van der Waals surface area contributed by atoms with Gasteiger partial charge >= 0.3 is 0 Å². The summed E-state index contributed by atoms with van der Waals surface area (Å²) in [6, 6.07) is 3.27. The number of carbonyl (C=O) groups is 1. The van der Waals surface area contributed by atoms with Gasteiger partial charge in [0.1, 0.15) is 6.04 Å². The van der Waals surface area contributed by atoms with E-state index < -0.39 is 17.7 Å². The monoisotopic (exact) mass is 346 g/mol. The molecule has 1 aromatic carbocycles. The summed E-state index contributed by atoms with van der Waals surface area (Å²) in [5.74, 6) is -1.88. The van der Waals surface area contributed by atoms with E-state index in [4.69, 9.17) is 0 Å². The van der Waals surface area contributed by atoms with E-state index in [9.17, 15) is 13.6 Å². The van der Waals surface area contributed by atoms with Crippen molar-refractivity contribution < 1.29 is 13.6 Å². The number of halogens is 3. The molecule has 2 aliphatic rings. The molecule has 0 spiro atoms. The maximum Gasteiger partial charge on any atom is 0.239 e. The molecule has 2 heterocycles. The van der Waals surface area contributed by atoms with Crippen molar-refractivity contribution >= 4 is 18.3 Å². The number of rotatable bonds is 3. The lowest BCUT2D eigenvalue weighted by Crippen LogP contribution is -2.49. The summed E-state index contributed by atoms with van der Waals surface area (Å²) >= 11 is 0. The average molecular weight is 347 g/mol. The van der Waals surface area contributed by atoms with Crippen LogP contribution in [0.3, 0.4) is 0 Å². The van der Waals surface area contributed by atoms with Crippen LogP contribution in [0.2, 0.25) is 0 Å². The van der Waals surface area contributed by atoms with Crippen LogP contribution in [0, 0.1) is 17.6 Å². The molecule has 2 fully saturated rings. The lowest BCUT2D eigenvalue weighted by atomic mass is 9.89. The van der Waals surface area contributed by atoms with Gasteiger partial charge in [0, 0.05) is 24.1 Å². The number of benzene rings is 1. The Morgan fingerprint density at radius 2 is 2.13 bits per heavy atom. The second-order valence-corrected chi connectivity index (χ2v) is 5.90. The highest BCUT2D eigenvalue weighted by atomic mass is 35.5. The predicted octanol–water partition coefficient (Wildman–Crippen LogP) is 1.02. The van der Waals surface area contributed by atoms with E-state index in [0.717, 1.165) is 25.6 Å². The van der Waals surface area contributed by atoms with Crippen molar-refractivity contribution in [3.63, 3.8) is 0 Å². The Hall–Kier alpha value is -1.28. The van der Waals surface area contributed by atoms with Gasteiger partial charge in [-0.15, -0.1) is 12.4 Å². The van der Waals surface area contributed by atoms with Gasteiger partial charge in [-0.2, -0.15) is 0 Å². The number of nitrogens with one attached hydrogen (secondary N) is 4. The molecule has 128 valence electrons. The van der Waals surface area contributed by atoms with Gasteiger partial charge in [-0.25, -0.2) is 14.2 Å². The minimum atomic E-state index is -0.912. The Balaban J connectivity index is 0.00000192. The second-order valence-electron chi connectivity index (χ2n) is 5.90. The number of amides is 1. The molecule has 0 bridgehead atoms. The summed E-state index contributed by atoms with van der Waals surface area (Å²) in [5, 5.41) is 6.04. The number of piperidine rings is 1. The molecule has 2 saturated heterocycles. The molecule has 4 N–H and O–H groups in total. The van der Waals surface area contributed by atoms with E-state index in [1.807, 2.05) is 0 Å². The van der Waals surface area contributed by atoms with Crippen LogP contribution >= 0.6 is 12.4 Å². The summed E-state index contributed by atoms with van der Waals surface area (Å²) in [6.45, 7) is 3.33. The van der Waals surface area contributed by atoms with Gasteiger partial charge in [-0.05, 0) is 26.0 Å². The van der Waals surface area contributed by atoms with E-state index in [2.05, 4.69) is 21.5 Å². The van der Waals surface area contributed by atoms with Crippen molar-refractivity contribution in [1.29, 1.82) is 0 Å². The fraction of sp³-hybridized carbons (Fsp3) is 0.533. The predicted molar refractivity (Wildman–Crippen MR) is 85.0 cm³/mol. The number of carbonyl (C=O) groups excluding carboxylic acids is 1. The lowest BCUT2D eigenvalue weighted by molar-refractivity contribution is -0.124. The number of hydrogen-bond donors (Lipinski definition) is 4. The van der Waals surface area contributed by atoms with E-state index in [0.29, 0.717) is 0 Å². The topological polar surface area (TPSA) is 65.2 Å². The maximum absolute atomic E-state index is 13.8. The molecule has 2 aliphatic heterocycles. The van der Waals surface area contributed by atoms with Crippen molar-refractivity contribution in [1.82, 2.24) is 21.5 Å². The third-order valence-corrected chi connectivity index (χ3v) is 4.47. The third kappa shape index (κ3) is 3.63. The zero-order valence-corrected chi connectivity index (χ0v) is 13.6. The van der Waals surface area contributed by atoms with Crippen molar-refractivity contribution in [2.75, 3.05) is 13.1 Å². The van der Waals surface area contributed by atoms with Crippen molar-refractivity contribution in [2.24, 2.45) is 5.92 Å². The molecule has 4 unspecified atom stereocenters. The zero-order valence-electron chi connectivity index (χ0n) is 12.7. The van der Waals surface area contributed by atoms with Gasteiger partial charge in [0.25, 0.3) is 0 Å². The SMILES string of the molecule is CC(NC(=O)C1NNC2CCNCC21)c1cccc(F)c1F.Cl. The van der Waals surface area contributed by atoms with Crippen LogP contribution in [0.4, 0.5) is 8.78 Å². The fourth-order valence-electron chi connectivity index (χ4n) is 3.21. The molecule has 1 amide bonds. The lowest BCUT2D eigenvalue weighted by Gasteiger charge is -2.28. The van der Waals surface area contributed by atoms with E-state index >= 15 is 0 Å². The van der Waals surface area contributed by atoms with Crippen molar-refractivity contribution in [3.05, 3.63) is 35.4 Å². The van der Waals surface area contributed by atoms with Crippen LogP contribution in [0.1, 0.15) is 24.9 Å². The Kier molecular flexibility index (Phi) is 5.91. The molecule has 23 heavy (non-hydrogen) atoms. The molecule has 1 aromatic rings. The van der Waals surface area contributed by atoms with E-state index in [1.54, 1.807) is 6.92 Å². The van der Waals surface area contributed by atoms with Crippen LogP contribution in [-0.4, -0.2) is 31.1 Å². The Bertz CT molecular complexity index is 574. The largest absolute Gasteiger partial charge is 0.348 e. The first kappa shape index (κ1) is 18.1. The first-order valence-corrected chi connectivity index (χ1v) is 7.54. The van der Waals surface area contributed by atoms with Crippen LogP contribution in [0.25, 0.3) is 0 Å². The van der Waals surface area contributed by atoms with Crippen LogP contribution in [-0.2, 0) is 4.79 Å². The summed E-state index contributed by atoms with van der Waals surface area (Å²) in [5.41, 5.74) is 6.30. The Morgan fingerprint density at radius 3 is 2.91 bits per heavy atom.